The van der Waals surface area contributed by atoms with Crippen molar-refractivity contribution in [3.63, 3.8) is 0 Å². The largest absolute Gasteiger partial charge is 0.344 e. The lowest BCUT2D eigenvalue weighted by Crippen LogP contribution is -2.37. The van der Waals surface area contributed by atoms with E-state index in [1.165, 1.54) is 0 Å². The molecule has 0 aromatic rings. The first-order chi connectivity index (χ1) is 4.31. The molecule has 9 heavy (non-hydrogen) atoms. The maximum absolute atomic E-state index is 10.5. The van der Waals surface area contributed by atoms with Crippen molar-refractivity contribution in [1.29, 1.82) is 0 Å². The summed E-state index contributed by atoms with van der Waals surface area (Å²) in [5.41, 5.74) is 2.20. The zero-order valence-electron chi connectivity index (χ0n) is 4.98. The first kappa shape index (κ1) is 7.95. The molecule has 0 fully saturated rings. The normalized spacial score (nSPS) is 8.00. The first-order valence-electron chi connectivity index (χ1n) is 2.45. The Morgan fingerprint density at radius 1 is 1.78 bits per heavy atom. The van der Waals surface area contributed by atoms with Gasteiger partial charge in [0.15, 0.2) is 0 Å². The molecular formula is C5H9N3O. The Balaban J connectivity index is 3.19. The lowest BCUT2D eigenvalue weighted by atomic mass is 10.5. The van der Waals surface area contributed by atoms with Crippen LogP contribution in [0, 0.1) is 12.3 Å². The zero-order valence-corrected chi connectivity index (χ0v) is 4.98. The van der Waals surface area contributed by atoms with E-state index in [2.05, 4.69) is 16.7 Å². The van der Waals surface area contributed by atoms with Gasteiger partial charge in [0.05, 0.1) is 13.1 Å². The van der Waals surface area contributed by atoms with E-state index in [0.717, 1.165) is 0 Å². The van der Waals surface area contributed by atoms with Crippen LogP contribution in [0.25, 0.3) is 0 Å². The number of nitrogens with one attached hydrogen (secondary N) is 2. The van der Waals surface area contributed by atoms with Crippen molar-refractivity contribution in [2.45, 2.75) is 0 Å². The summed E-state index contributed by atoms with van der Waals surface area (Å²) in [6.07, 6.45) is 4.86. The maximum atomic E-state index is 10.5. The summed E-state index contributed by atoms with van der Waals surface area (Å²) in [5.74, 6) is 6.90. The predicted molar refractivity (Wildman–Crippen MR) is 34.0 cm³/mol. The third kappa shape index (κ3) is 4.81. The van der Waals surface area contributed by atoms with Gasteiger partial charge in [0.25, 0.3) is 0 Å². The molecule has 0 saturated heterocycles. The van der Waals surface area contributed by atoms with Crippen molar-refractivity contribution in [2.24, 2.45) is 5.84 Å². The van der Waals surface area contributed by atoms with Crippen molar-refractivity contribution >= 4 is 5.91 Å². The Labute approximate surface area is 53.8 Å². The van der Waals surface area contributed by atoms with Gasteiger partial charge in [0, 0.05) is 0 Å². The number of rotatable bonds is 3. The zero-order chi connectivity index (χ0) is 7.11. The van der Waals surface area contributed by atoms with Gasteiger partial charge in [-0.05, 0) is 0 Å². The summed E-state index contributed by atoms with van der Waals surface area (Å²) in [6, 6.07) is 0. The molecule has 0 aliphatic rings. The number of terminal acetylenes is 1. The van der Waals surface area contributed by atoms with Crippen molar-refractivity contribution in [3.8, 4) is 12.3 Å². The van der Waals surface area contributed by atoms with Crippen LogP contribution >= 0.6 is 0 Å². The molecular weight excluding hydrogens is 118 g/mol. The van der Waals surface area contributed by atoms with Gasteiger partial charge >= 0.3 is 0 Å². The van der Waals surface area contributed by atoms with Crippen molar-refractivity contribution in [2.75, 3.05) is 13.1 Å². The van der Waals surface area contributed by atoms with Crippen LogP contribution in [0.4, 0.5) is 0 Å². The van der Waals surface area contributed by atoms with Gasteiger partial charge < -0.3 is 5.32 Å². The minimum Gasteiger partial charge on any atom is -0.344 e. The average molecular weight is 127 g/mol. The second-order valence-electron chi connectivity index (χ2n) is 1.36. The Morgan fingerprint density at radius 3 is 2.89 bits per heavy atom. The van der Waals surface area contributed by atoms with E-state index in [0.29, 0.717) is 0 Å². The quantitative estimate of drug-likeness (QED) is 0.238. The van der Waals surface area contributed by atoms with Crippen LogP contribution in [0.1, 0.15) is 0 Å². The van der Waals surface area contributed by atoms with Gasteiger partial charge in [-0.25, -0.2) is 0 Å². The molecule has 4 nitrogen and oxygen atoms in total. The summed E-state index contributed by atoms with van der Waals surface area (Å²) in [7, 11) is 0. The van der Waals surface area contributed by atoms with Crippen LogP contribution < -0.4 is 16.6 Å². The average Bonchev–Trinajstić information content (AvgIpc) is 1.85. The molecule has 4 N–H and O–H groups in total. The molecule has 4 heteroatoms. The monoisotopic (exact) mass is 127 g/mol. The molecule has 0 aromatic heterocycles. The summed E-state index contributed by atoms with van der Waals surface area (Å²) >= 11 is 0. The van der Waals surface area contributed by atoms with Gasteiger partial charge in [-0.3, -0.25) is 16.1 Å². The van der Waals surface area contributed by atoms with Gasteiger partial charge in [0.2, 0.25) is 5.91 Å². The molecule has 50 valence electrons. The van der Waals surface area contributed by atoms with E-state index in [1.54, 1.807) is 0 Å². The topological polar surface area (TPSA) is 67.2 Å². The summed E-state index contributed by atoms with van der Waals surface area (Å²) in [5, 5.41) is 2.42. The predicted octanol–water partition coefficient (Wildman–Crippen LogP) is -1.80. The van der Waals surface area contributed by atoms with Crippen molar-refractivity contribution in [3.05, 3.63) is 0 Å². The molecule has 1 amide bonds. The highest BCUT2D eigenvalue weighted by Gasteiger charge is 1.93. The molecule has 0 atom stereocenters. The van der Waals surface area contributed by atoms with Crippen LogP contribution in [0.2, 0.25) is 0 Å². The molecule has 0 radical (unpaired) electrons. The van der Waals surface area contributed by atoms with E-state index >= 15 is 0 Å². The van der Waals surface area contributed by atoms with Crippen molar-refractivity contribution < 1.29 is 4.79 Å². The van der Waals surface area contributed by atoms with Gasteiger partial charge in [-0.1, -0.05) is 5.92 Å². The Hall–Kier alpha value is -1.05. The number of amides is 1. The molecule has 0 rings (SSSR count). The SMILES string of the molecule is C#CCNC(=O)CNN. The molecule has 0 heterocycles. The highest BCUT2D eigenvalue weighted by molar-refractivity contribution is 5.78. The Bertz CT molecular complexity index is 127. The van der Waals surface area contributed by atoms with E-state index in [1.807, 2.05) is 0 Å². The second kappa shape index (κ2) is 5.09. The molecule has 0 aromatic carbocycles. The summed E-state index contributed by atoms with van der Waals surface area (Å²) < 4.78 is 0. The lowest BCUT2D eigenvalue weighted by Gasteiger charge is -1.97. The summed E-state index contributed by atoms with van der Waals surface area (Å²) in [6.45, 7) is 0.349. The molecule has 0 spiro atoms. The number of hydrogen-bond acceptors (Lipinski definition) is 3. The highest BCUT2D eigenvalue weighted by Crippen LogP contribution is 1.58. The molecule has 0 unspecified atom stereocenters. The standard InChI is InChI=1S/C5H9N3O/c1-2-3-7-5(9)4-8-6/h1,8H,3-4,6H2,(H,7,9). The number of nitrogens with two attached hydrogens (primary N) is 1. The van der Waals surface area contributed by atoms with Gasteiger partial charge in [-0.15, -0.1) is 6.42 Å². The number of carbonyl (C=O) groups excluding carboxylic acids is 1. The van der Waals surface area contributed by atoms with Crippen molar-refractivity contribution in [1.82, 2.24) is 10.7 Å². The minimum atomic E-state index is -0.199. The van der Waals surface area contributed by atoms with Crippen LogP contribution in [-0.2, 0) is 4.79 Å². The fourth-order valence-electron chi connectivity index (χ4n) is 0.305. The Kier molecular flexibility index (Phi) is 4.50. The number of hydrazine groups is 1. The van der Waals surface area contributed by atoms with E-state index in [9.17, 15) is 4.79 Å². The molecule has 0 aliphatic carbocycles. The highest BCUT2D eigenvalue weighted by atomic mass is 16.1. The Morgan fingerprint density at radius 2 is 2.44 bits per heavy atom. The van der Waals surface area contributed by atoms with Gasteiger partial charge in [-0.2, -0.15) is 0 Å². The number of carbonyl (C=O) groups is 1. The molecule has 0 saturated carbocycles. The fraction of sp³-hybridized carbons (Fsp3) is 0.400. The van der Waals surface area contributed by atoms with Crippen LogP contribution in [-0.4, -0.2) is 19.0 Å². The van der Waals surface area contributed by atoms with E-state index in [4.69, 9.17) is 12.3 Å². The van der Waals surface area contributed by atoms with E-state index < -0.39 is 0 Å². The number of hydrogen-bond donors (Lipinski definition) is 3. The van der Waals surface area contributed by atoms with Crippen LogP contribution in [0.3, 0.4) is 0 Å². The lowest BCUT2D eigenvalue weighted by molar-refractivity contribution is -0.119. The van der Waals surface area contributed by atoms with Crippen LogP contribution in [0.15, 0.2) is 0 Å². The smallest absolute Gasteiger partial charge is 0.236 e. The third-order valence-electron chi connectivity index (χ3n) is 0.650. The van der Waals surface area contributed by atoms with Gasteiger partial charge in [0.1, 0.15) is 0 Å². The maximum Gasteiger partial charge on any atom is 0.236 e. The summed E-state index contributed by atoms with van der Waals surface area (Å²) in [4.78, 5) is 10.5. The molecule has 0 bridgehead atoms. The first-order valence-corrected chi connectivity index (χ1v) is 2.45. The molecule has 0 aliphatic heterocycles. The van der Waals surface area contributed by atoms with E-state index in [-0.39, 0.29) is 19.0 Å². The third-order valence-corrected chi connectivity index (χ3v) is 0.650. The minimum absolute atomic E-state index is 0.0989. The van der Waals surface area contributed by atoms with Crippen LogP contribution in [0.5, 0.6) is 0 Å². The second-order valence-corrected chi connectivity index (χ2v) is 1.36. The fourth-order valence-corrected chi connectivity index (χ4v) is 0.305.